The van der Waals surface area contributed by atoms with Crippen LogP contribution in [0.25, 0.3) is 11.1 Å². The van der Waals surface area contributed by atoms with Gasteiger partial charge in [0, 0.05) is 25.5 Å². The first-order valence-electron chi connectivity index (χ1n) is 11.8. The van der Waals surface area contributed by atoms with Crippen LogP contribution in [0.15, 0.2) is 48.5 Å². The molecule has 9 heteroatoms. The summed E-state index contributed by atoms with van der Waals surface area (Å²) >= 11 is 0. The monoisotopic (exact) mass is 480 g/mol. The number of carbonyl (C=O) groups is 3. The second-order valence-electron chi connectivity index (χ2n) is 9.27. The molecule has 3 atom stereocenters. The highest BCUT2D eigenvalue weighted by molar-refractivity contribution is 5.90. The van der Waals surface area contributed by atoms with Gasteiger partial charge in [-0.15, -0.1) is 0 Å². The zero-order valence-electron chi connectivity index (χ0n) is 19.2. The predicted octanol–water partition coefficient (Wildman–Crippen LogP) is 2.29. The summed E-state index contributed by atoms with van der Waals surface area (Å²) in [4.78, 5) is 37.0. The third-order valence-electron chi connectivity index (χ3n) is 7.06. The summed E-state index contributed by atoms with van der Waals surface area (Å²) < 4.78 is 16.5. The summed E-state index contributed by atoms with van der Waals surface area (Å²) in [6.07, 6.45) is -0.421. The molecule has 2 amide bonds. The van der Waals surface area contributed by atoms with Gasteiger partial charge in [-0.05, 0) is 28.7 Å². The molecule has 0 bridgehead atoms. The van der Waals surface area contributed by atoms with Crippen molar-refractivity contribution in [2.45, 2.75) is 30.4 Å². The zero-order chi connectivity index (χ0) is 24.4. The number of hydrogen-bond acceptors (Lipinski definition) is 6. The van der Waals surface area contributed by atoms with Crippen LogP contribution in [-0.2, 0) is 23.8 Å². The molecule has 2 heterocycles. The Morgan fingerprint density at radius 2 is 1.74 bits per heavy atom. The molecule has 3 aliphatic rings. The molecular weight excluding hydrogens is 452 g/mol. The van der Waals surface area contributed by atoms with Crippen LogP contribution in [0.3, 0.4) is 0 Å². The van der Waals surface area contributed by atoms with Crippen molar-refractivity contribution in [3.63, 3.8) is 0 Å². The number of amides is 2. The van der Waals surface area contributed by atoms with E-state index in [1.165, 1.54) is 0 Å². The molecule has 184 valence electrons. The number of benzene rings is 2. The van der Waals surface area contributed by atoms with Crippen LogP contribution in [0.2, 0.25) is 0 Å². The van der Waals surface area contributed by atoms with Gasteiger partial charge in [-0.25, -0.2) is 4.79 Å². The second kappa shape index (κ2) is 9.67. The molecule has 9 nitrogen and oxygen atoms in total. The van der Waals surface area contributed by atoms with E-state index in [-0.39, 0.29) is 38.4 Å². The van der Waals surface area contributed by atoms with Crippen molar-refractivity contribution in [1.82, 2.24) is 10.6 Å². The molecule has 2 aromatic rings. The Bertz CT molecular complexity index is 1080. The van der Waals surface area contributed by atoms with Gasteiger partial charge in [-0.2, -0.15) is 0 Å². The summed E-state index contributed by atoms with van der Waals surface area (Å²) in [6, 6.07) is 16.1. The van der Waals surface area contributed by atoms with E-state index in [9.17, 15) is 14.4 Å². The normalized spacial score (nSPS) is 25.0. The fourth-order valence-electron chi connectivity index (χ4n) is 5.13. The molecule has 1 aliphatic carbocycles. The van der Waals surface area contributed by atoms with E-state index in [1.54, 1.807) is 0 Å². The van der Waals surface area contributed by atoms with Gasteiger partial charge < -0.3 is 30.0 Å². The Hall–Kier alpha value is -3.43. The van der Waals surface area contributed by atoms with Crippen LogP contribution in [0.1, 0.15) is 29.9 Å². The summed E-state index contributed by atoms with van der Waals surface area (Å²) in [5.41, 5.74) is 3.24. The van der Waals surface area contributed by atoms with Crippen LogP contribution in [0.5, 0.6) is 0 Å². The third kappa shape index (κ3) is 4.61. The molecule has 0 aromatic heterocycles. The Labute approximate surface area is 202 Å². The average Bonchev–Trinajstić information content (AvgIpc) is 3.60. The number of ether oxygens (including phenoxy) is 3. The quantitative estimate of drug-likeness (QED) is 0.556. The summed E-state index contributed by atoms with van der Waals surface area (Å²) in [6.45, 7) is 0.800. The third-order valence-corrected chi connectivity index (χ3v) is 7.06. The predicted molar refractivity (Wildman–Crippen MR) is 125 cm³/mol. The van der Waals surface area contributed by atoms with Gasteiger partial charge in [0.2, 0.25) is 5.91 Å². The molecule has 0 spiro atoms. The smallest absolute Gasteiger partial charge is 0.408 e. The van der Waals surface area contributed by atoms with Crippen LogP contribution in [-0.4, -0.2) is 67.7 Å². The number of rotatable bonds is 7. The lowest BCUT2D eigenvalue weighted by Gasteiger charge is -2.28. The maximum Gasteiger partial charge on any atom is 0.408 e. The fraction of sp³-hybridized carbons (Fsp3) is 0.423. The van der Waals surface area contributed by atoms with E-state index in [2.05, 4.69) is 22.8 Å². The summed E-state index contributed by atoms with van der Waals surface area (Å²) in [5, 5.41) is 14.6. The van der Waals surface area contributed by atoms with Gasteiger partial charge >= 0.3 is 12.1 Å². The Morgan fingerprint density at radius 1 is 1.06 bits per heavy atom. The highest BCUT2D eigenvalue weighted by Gasteiger charge is 2.45. The molecular formula is C26H28N2O7. The fourth-order valence-corrected chi connectivity index (χ4v) is 5.13. The van der Waals surface area contributed by atoms with E-state index in [4.69, 9.17) is 19.3 Å². The molecule has 0 radical (unpaired) electrons. The van der Waals surface area contributed by atoms with Gasteiger partial charge in [0.1, 0.15) is 12.1 Å². The number of aliphatic carboxylic acids is 1. The number of carboxylic acids is 1. The van der Waals surface area contributed by atoms with Gasteiger partial charge in [0.05, 0.1) is 25.2 Å². The topological polar surface area (TPSA) is 123 Å². The van der Waals surface area contributed by atoms with E-state index >= 15 is 0 Å². The van der Waals surface area contributed by atoms with Crippen molar-refractivity contribution in [3.8, 4) is 11.1 Å². The minimum absolute atomic E-state index is 0.0340. The van der Waals surface area contributed by atoms with Crippen molar-refractivity contribution >= 4 is 18.0 Å². The van der Waals surface area contributed by atoms with E-state index in [0.29, 0.717) is 19.4 Å². The number of carboxylic acid groups (broad SMARTS) is 1. The minimum Gasteiger partial charge on any atom is -0.481 e. The Morgan fingerprint density at radius 3 is 2.34 bits per heavy atom. The lowest BCUT2D eigenvalue weighted by atomic mass is 9.97. The van der Waals surface area contributed by atoms with Crippen molar-refractivity contribution < 1.29 is 33.7 Å². The van der Waals surface area contributed by atoms with Crippen LogP contribution in [0, 0.1) is 5.92 Å². The first-order valence-corrected chi connectivity index (χ1v) is 11.8. The second-order valence-corrected chi connectivity index (χ2v) is 9.27. The molecule has 5 rings (SSSR count). The SMILES string of the molecule is O=C(NC1(C(=O)NC[C@@H]2C[C@H](C(=O)O)CO2)CCOC1)OCC1c2ccccc2-c2ccccc21. The first-order chi connectivity index (χ1) is 17.0. The van der Waals surface area contributed by atoms with Gasteiger partial charge in [0.15, 0.2) is 0 Å². The molecule has 2 saturated heterocycles. The van der Waals surface area contributed by atoms with Gasteiger partial charge in [-0.1, -0.05) is 48.5 Å². The maximum atomic E-state index is 13.0. The average molecular weight is 481 g/mol. The highest BCUT2D eigenvalue weighted by Crippen LogP contribution is 2.44. The first kappa shape index (κ1) is 23.3. The van der Waals surface area contributed by atoms with Gasteiger partial charge in [-0.3, -0.25) is 9.59 Å². The molecule has 2 aromatic carbocycles. The van der Waals surface area contributed by atoms with Gasteiger partial charge in [0.25, 0.3) is 0 Å². The number of hydrogen-bond donors (Lipinski definition) is 3. The highest BCUT2D eigenvalue weighted by atomic mass is 16.6. The number of carbonyl (C=O) groups excluding carboxylic acids is 2. The Balaban J connectivity index is 1.20. The number of nitrogens with one attached hydrogen (secondary N) is 2. The number of fused-ring (bicyclic) bond motifs is 3. The van der Waals surface area contributed by atoms with Crippen LogP contribution in [0.4, 0.5) is 4.79 Å². The molecule has 2 aliphatic heterocycles. The van der Waals surface area contributed by atoms with E-state index < -0.39 is 29.4 Å². The largest absolute Gasteiger partial charge is 0.481 e. The Kier molecular flexibility index (Phi) is 6.44. The molecule has 2 fully saturated rings. The van der Waals surface area contributed by atoms with Crippen molar-refractivity contribution in [2.24, 2.45) is 5.92 Å². The van der Waals surface area contributed by atoms with Crippen molar-refractivity contribution in [2.75, 3.05) is 33.0 Å². The van der Waals surface area contributed by atoms with Crippen LogP contribution >= 0.6 is 0 Å². The molecule has 3 N–H and O–H groups in total. The van der Waals surface area contributed by atoms with E-state index in [1.807, 2.05) is 36.4 Å². The maximum absolute atomic E-state index is 13.0. The molecule has 0 saturated carbocycles. The van der Waals surface area contributed by atoms with E-state index in [0.717, 1.165) is 22.3 Å². The van der Waals surface area contributed by atoms with Crippen molar-refractivity contribution in [1.29, 1.82) is 0 Å². The number of alkyl carbamates (subject to hydrolysis) is 1. The standard InChI is InChI=1S/C26H28N2O7/c29-23(30)16-11-17(34-13-16)12-27-24(31)26(9-10-33-15-26)28-25(32)35-14-22-20-7-3-1-5-18(20)19-6-2-4-8-21(19)22/h1-8,16-17,22H,9-15H2,(H,27,31)(H,28,32)(H,29,30)/t16-,17-,26?/m0/s1. The van der Waals surface area contributed by atoms with Crippen LogP contribution < -0.4 is 10.6 Å². The lowest BCUT2D eigenvalue weighted by Crippen LogP contribution is -2.60. The van der Waals surface area contributed by atoms with Crippen molar-refractivity contribution in [3.05, 3.63) is 59.7 Å². The molecule has 1 unspecified atom stereocenters. The summed E-state index contributed by atoms with van der Waals surface area (Å²) in [5.74, 6) is -1.96. The summed E-state index contributed by atoms with van der Waals surface area (Å²) in [7, 11) is 0. The lowest BCUT2D eigenvalue weighted by molar-refractivity contribution is -0.141. The molecule has 35 heavy (non-hydrogen) atoms. The zero-order valence-corrected chi connectivity index (χ0v) is 19.2. The minimum atomic E-state index is -1.24.